The lowest BCUT2D eigenvalue weighted by Gasteiger charge is -2.44. The van der Waals surface area contributed by atoms with Crippen LogP contribution in [-0.4, -0.2) is 189 Å². The highest BCUT2D eigenvalue weighted by Gasteiger charge is 2.50. The van der Waals surface area contributed by atoms with E-state index >= 15 is 0 Å². The monoisotopic (exact) mass is 1480 g/mol. The Bertz CT molecular complexity index is 3810. The molecule has 4 heterocycles. The number of hydrogen-bond donors (Lipinski definition) is 1. The summed E-state index contributed by atoms with van der Waals surface area (Å²) in [6.45, 7) is 5.95. The normalized spacial score (nSPS) is 18.3. The highest BCUT2D eigenvalue weighted by molar-refractivity contribution is 5.97. The molecule has 5 amide bonds. The van der Waals surface area contributed by atoms with Gasteiger partial charge in [0.15, 0.2) is 0 Å². The largest absolute Gasteiger partial charge is 0.465 e. The Kier molecular flexibility index (Phi) is 27.4. The minimum atomic E-state index is -5.15. The van der Waals surface area contributed by atoms with Crippen LogP contribution in [0.25, 0.3) is 11.1 Å². The Morgan fingerprint density at radius 2 is 1.29 bits per heavy atom. The van der Waals surface area contributed by atoms with Gasteiger partial charge in [-0.25, -0.2) is 9.18 Å². The highest BCUT2D eigenvalue weighted by Crippen LogP contribution is 2.49. The molecule has 26 heteroatoms. The summed E-state index contributed by atoms with van der Waals surface area (Å²) in [6.07, 6.45) is -3.60. The van der Waals surface area contributed by atoms with Crippen LogP contribution in [0.15, 0.2) is 140 Å². The van der Waals surface area contributed by atoms with E-state index in [4.69, 9.17) is 9.47 Å². The van der Waals surface area contributed by atoms with E-state index in [2.05, 4.69) is 32.9 Å². The first-order valence-corrected chi connectivity index (χ1v) is 34.3. The molecular weight excluding hydrogens is 1390 g/mol. The highest BCUT2D eigenvalue weighted by atomic mass is 35.5. The van der Waals surface area contributed by atoms with Crippen molar-refractivity contribution in [2.24, 2.45) is 0 Å². The zero-order valence-corrected chi connectivity index (χ0v) is 60.0. The minimum absolute atomic E-state index is 0. The summed E-state index contributed by atoms with van der Waals surface area (Å²) in [5.74, 6) is -1.70. The van der Waals surface area contributed by atoms with Crippen molar-refractivity contribution < 1.29 is 69.3 Å². The number of nitrogens with zero attached hydrogens (tertiary/aromatic N) is 8. The van der Waals surface area contributed by atoms with E-state index in [9.17, 15) is 59.8 Å². The number of para-hydroxylation sites is 1. The van der Waals surface area contributed by atoms with Gasteiger partial charge in [0.25, 0.3) is 11.8 Å². The van der Waals surface area contributed by atoms with Gasteiger partial charge in [0.05, 0.1) is 29.5 Å². The Morgan fingerprint density at radius 1 is 0.647 bits per heavy atom. The lowest BCUT2D eigenvalue weighted by Crippen LogP contribution is -2.50. The SMILES string of the molecule is CN(CCN1CCC(N(C(=O)O)c2ccccc2-c2ccccc2)CC1)C(=O)CCCCCN(C)c1ccc2c(c1)CCN(CCCN(C)C(=O)CO[C@H]1Cc3ccccc3C13CCN(CC[C@]1(c4ccc(F)cc4)CN(C(=O)c4cc(C(F)(F)F)cc(C(F)(F)F)c4)CO1)CC3)C2=O.Cl.Cl.Cl. The first-order valence-electron chi connectivity index (χ1n) is 34.3. The summed E-state index contributed by atoms with van der Waals surface area (Å²) in [6, 6.07) is 37.8. The smallest absolute Gasteiger partial charge is 0.416 e. The molecule has 4 aliphatic heterocycles. The van der Waals surface area contributed by atoms with Crippen LogP contribution < -0.4 is 9.80 Å². The number of alkyl halides is 6. The summed E-state index contributed by atoms with van der Waals surface area (Å²) >= 11 is 0. The fourth-order valence-corrected chi connectivity index (χ4v) is 15.1. The van der Waals surface area contributed by atoms with Gasteiger partial charge in [-0.1, -0.05) is 91.3 Å². The molecule has 2 atom stereocenters. The number of piperidine rings is 2. The fraction of sp³-hybridized carbons (Fsp3) is 0.461. The summed E-state index contributed by atoms with van der Waals surface area (Å²) in [4.78, 5) is 81.9. The fourth-order valence-electron chi connectivity index (χ4n) is 15.1. The average molecular weight is 1480 g/mol. The van der Waals surface area contributed by atoms with Crippen LogP contribution in [0.4, 0.5) is 46.9 Å². The second kappa shape index (κ2) is 34.8. The molecule has 1 spiro atoms. The molecule has 6 aromatic carbocycles. The molecule has 3 saturated heterocycles. The van der Waals surface area contributed by atoms with E-state index in [-0.39, 0.29) is 92.7 Å². The second-order valence-electron chi connectivity index (χ2n) is 27.2. The number of unbranched alkanes of at least 4 members (excludes halogenated alkanes) is 2. The van der Waals surface area contributed by atoms with E-state index in [1.807, 2.05) is 97.9 Å². The van der Waals surface area contributed by atoms with E-state index in [0.717, 1.165) is 78.3 Å². The number of amides is 5. The number of ether oxygens (including phenoxy) is 2. The lowest BCUT2D eigenvalue weighted by atomic mass is 9.72. The van der Waals surface area contributed by atoms with Gasteiger partial charge in [-0.3, -0.25) is 24.1 Å². The summed E-state index contributed by atoms with van der Waals surface area (Å²) < 4.78 is 110. The molecule has 0 radical (unpaired) electrons. The van der Waals surface area contributed by atoms with Crippen LogP contribution in [0.2, 0.25) is 0 Å². The molecular formula is C76H90Cl3F7N8O8. The van der Waals surface area contributed by atoms with Crippen molar-refractivity contribution in [3.63, 3.8) is 0 Å². The Hall–Kier alpha value is -7.51. The van der Waals surface area contributed by atoms with E-state index in [0.29, 0.717) is 126 Å². The molecule has 6 aromatic rings. The second-order valence-corrected chi connectivity index (χ2v) is 27.2. The molecule has 1 aliphatic carbocycles. The van der Waals surface area contributed by atoms with Crippen molar-refractivity contribution >= 4 is 78.3 Å². The number of anilines is 2. The minimum Gasteiger partial charge on any atom is -0.465 e. The van der Waals surface area contributed by atoms with Crippen LogP contribution in [-0.2, 0) is 55.3 Å². The van der Waals surface area contributed by atoms with Gasteiger partial charge in [-0.05, 0) is 160 Å². The number of halogens is 10. The third-order valence-electron chi connectivity index (χ3n) is 21.0. The van der Waals surface area contributed by atoms with Crippen molar-refractivity contribution in [1.82, 2.24) is 29.4 Å². The molecule has 3 fully saturated rings. The van der Waals surface area contributed by atoms with Gasteiger partial charge >= 0.3 is 18.4 Å². The molecule has 5 aliphatic rings. The topological polar surface area (TPSA) is 150 Å². The van der Waals surface area contributed by atoms with Crippen LogP contribution in [0.1, 0.15) is 118 Å². The Morgan fingerprint density at radius 3 is 1.98 bits per heavy atom. The number of benzene rings is 6. The van der Waals surface area contributed by atoms with Crippen molar-refractivity contribution in [3.8, 4) is 11.1 Å². The van der Waals surface area contributed by atoms with Crippen LogP contribution in [0.3, 0.4) is 0 Å². The number of carbonyl (C=O) groups is 5. The number of carboxylic acid groups (broad SMARTS) is 1. The van der Waals surface area contributed by atoms with Crippen molar-refractivity contribution in [1.29, 1.82) is 0 Å². The van der Waals surface area contributed by atoms with Gasteiger partial charge in [-0.15, -0.1) is 37.2 Å². The van der Waals surface area contributed by atoms with E-state index in [1.54, 1.807) is 16.8 Å². The summed E-state index contributed by atoms with van der Waals surface area (Å²) in [5.41, 5.74) is 2.40. The molecule has 0 bridgehead atoms. The Balaban J connectivity index is 0.00000440. The molecule has 552 valence electrons. The molecule has 1 N–H and O–H groups in total. The zero-order chi connectivity index (χ0) is 70.2. The summed E-state index contributed by atoms with van der Waals surface area (Å²) in [5, 5.41) is 10.4. The molecule has 11 rings (SSSR count). The van der Waals surface area contributed by atoms with Crippen LogP contribution >= 0.6 is 37.2 Å². The maximum absolute atomic E-state index is 14.3. The van der Waals surface area contributed by atoms with Gasteiger partial charge in [0.2, 0.25) is 11.8 Å². The van der Waals surface area contributed by atoms with Crippen molar-refractivity contribution in [2.45, 2.75) is 113 Å². The van der Waals surface area contributed by atoms with E-state index < -0.39 is 64.6 Å². The first-order chi connectivity index (χ1) is 47.4. The zero-order valence-electron chi connectivity index (χ0n) is 57.6. The van der Waals surface area contributed by atoms with Gasteiger partial charge in [0, 0.05) is 120 Å². The van der Waals surface area contributed by atoms with Gasteiger partial charge in [0.1, 0.15) is 24.8 Å². The predicted molar refractivity (Wildman–Crippen MR) is 385 cm³/mol. The maximum Gasteiger partial charge on any atom is 0.416 e. The Labute approximate surface area is 610 Å². The molecule has 102 heavy (non-hydrogen) atoms. The number of rotatable bonds is 25. The molecule has 0 unspecified atom stereocenters. The number of fused-ring (bicyclic) bond motifs is 3. The third-order valence-corrected chi connectivity index (χ3v) is 21.0. The van der Waals surface area contributed by atoms with Gasteiger partial charge < -0.3 is 48.9 Å². The van der Waals surface area contributed by atoms with Crippen LogP contribution in [0, 0.1) is 5.82 Å². The molecule has 0 saturated carbocycles. The predicted octanol–water partition coefficient (Wildman–Crippen LogP) is 14.1. The number of hydrogen-bond acceptors (Lipinski definition) is 10. The first kappa shape index (κ1) is 80.2. The maximum atomic E-state index is 14.3. The van der Waals surface area contributed by atoms with E-state index in [1.165, 1.54) is 34.7 Å². The number of likely N-dealkylation sites (N-methyl/N-ethyl adjacent to an activating group) is 2. The van der Waals surface area contributed by atoms with Crippen molar-refractivity contribution in [2.75, 3.05) is 123 Å². The standard InChI is InChI=1S/C76H87F7N8O8.3ClH/c1-84(34-13-5-8-21-68(92)86(3)43-44-87-37-29-61(30-38-87)91(72(96)97)66-20-12-10-18-63(66)53-15-6-4-7-16-53)62-26-27-64-54(47-62)28-39-89(71(64)95)36-14-35-85(2)69(93)50-98-67-48-55-17-9-11-19-65(55)73(67)31-40-88(41-32-73)42-33-74(57-22-24-60(77)25-23-57)51-90(52-99-74)70(94)56-45-58(75(78,79)80)49-59(46-56)76(81,82)83;;;/h4,6-7,9-12,15-20,22-27,45-47,49,61,67H,5,8,13-14,21,28-44,48,50-52H2,1-3H3,(H,96,97);3*1H/t67-,74+;;;/m0.../s1. The number of carbonyl (C=O) groups excluding carboxylic acids is 4. The average Bonchev–Trinajstić information content (AvgIpc) is 1.59. The van der Waals surface area contributed by atoms with Crippen LogP contribution in [0.5, 0.6) is 0 Å². The molecule has 0 aromatic heterocycles. The lowest BCUT2D eigenvalue weighted by molar-refractivity contribution is -0.143. The quantitative estimate of drug-likeness (QED) is 0.0431. The molecule has 16 nitrogen and oxygen atoms in total. The third kappa shape index (κ3) is 18.7. The number of likely N-dealkylation sites (tertiary alicyclic amines) is 2. The van der Waals surface area contributed by atoms with Crippen molar-refractivity contribution in [3.05, 3.63) is 190 Å². The summed E-state index contributed by atoms with van der Waals surface area (Å²) in [7, 11) is 5.64. The van der Waals surface area contributed by atoms with Gasteiger partial charge in [-0.2, -0.15) is 26.3 Å².